The number of hydrogen-bond acceptors (Lipinski definition) is 3. The van der Waals surface area contributed by atoms with Gasteiger partial charge in [0.25, 0.3) is 0 Å². The van der Waals surface area contributed by atoms with Gasteiger partial charge in [-0.3, -0.25) is 9.78 Å². The summed E-state index contributed by atoms with van der Waals surface area (Å²) < 4.78 is 0. The molecule has 2 N–H and O–H groups in total. The molecule has 1 fully saturated rings. The van der Waals surface area contributed by atoms with Crippen LogP contribution in [-0.4, -0.2) is 24.0 Å². The minimum absolute atomic E-state index is 0.0351. The molecule has 2 atom stereocenters. The topological polar surface area (TPSA) is 54.0 Å². The Labute approximate surface area is 108 Å². The van der Waals surface area contributed by atoms with Crippen molar-refractivity contribution in [3.05, 3.63) is 30.1 Å². The molecule has 0 saturated carbocycles. The molecule has 1 saturated heterocycles. The van der Waals surface area contributed by atoms with Crippen LogP contribution < -0.4 is 10.6 Å². The third kappa shape index (κ3) is 3.81. The summed E-state index contributed by atoms with van der Waals surface area (Å²) in [7, 11) is 0. The zero-order valence-corrected chi connectivity index (χ0v) is 10.9. The fourth-order valence-electron chi connectivity index (χ4n) is 2.33. The maximum Gasteiger partial charge on any atom is 0.220 e. The molecule has 98 valence electrons. The van der Waals surface area contributed by atoms with E-state index in [-0.39, 0.29) is 11.9 Å². The van der Waals surface area contributed by atoms with Crippen molar-refractivity contribution in [1.29, 1.82) is 0 Å². The van der Waals surface area contributed by atoms with Crippen LogP contribution in [0.2, 0.25) is 0 Å². The van der Waals surface area contributed by atoms with E-state index in [2.05, 4.69) is 15.6 Å². The normalized spacial score (nSPS) is 20.6. The third-order valence-electron chi connectivity index (χ3n) is 3.50. The van der Waals surface area contributed by atoms with Crippen molar-refractivity contribution < 1.29 is 4.79 Å². The zero-order chi connectivity index (χ0) is 12.8. The van der Waals surface area contributed by atoms with Crippen molar-refractivity contribution in [1.82, 2.24) is 15.6 Å². The average molecular weight is 247 g/mol. The molecule has 18 heavy (non-hydrogen) atoms. The molecule has 1 amide bonds. The third-order valence-corrected chi connectivity index (χ3v) is 3.50. The molecule has 0 aliphatic carbocycles. The number of aromatic nitrogens is 1. The number of rotatable bonds is 5. The molecule has 0 spiro atoms. The number of nitrogens with zero attached hydrogens (tertiary/aromatic N) is 1. The molecule has 0 bridgehead atoms. The molecule has 2 rings (SSSR count). The summed E-state index contributed by atoms with van der Waals surface area (Å²) in [5.41, 5.74) is 1.05. The van der Waals surface area contributed by atoms with Crippen LogP contribution in [-0.2, 0) is 4.79 Å². The SMILES string of the molecule is C[C@@H](NC(=O)CCC1CCNC1)c1cccnc1. The first-order chi connectivity index (χ1) is 8.75. The van der Waals surface area contributed by atoms with Gasteiger partial charge in [-0.2, -0.15) is 0 Å². The highest BCUT2D eigenvalue weighted by Crippen LogP contribution is 2.15. The second-order valence-corrected chi connectivity index (χ2v) is 4.97. The molecule has 2 heterocycles. The van der Waals surface area contributed by atoms with Crippen molar-refractivity contribution in [2.45, 2.75) is 32.2 Å². The van der Waals surface area contributed by atoms with E-state index in [1.807, 2.05) is 19.1 Å². The minimum Gasteiger partial charge on any atom is -0.350 e. The number of pyridine rings is 1. The Balaban J connectivity index is 1.73. The smallest absolute Gasteiger partial charge is 0.220 e. The fourth-order valence-corrected chi connectivity index (χ4v) is 2.33. The van der Waals surface area contributed by atoms with Crippen LogP contribution in [0.3, 0.4) is 0 Å². The molecule has 1 unspecified atom stereocenters. The van der Waals surface area contributed by atoms with Crippen LogP contribution in [0.25, 0.3) is 0 Å². The van der Waals surface area contributed by atoms with Gasteiger partial charge in [0.2, 0.25) is 5.91 Å². The Bertz CT molecular complexity index is 374. The van der Waals surface area contributed by atoms with Gasteiger partial charge in [0, 0.05) is 18.8 Å². The summed E-state index contributed by atoms with van der Waals surface area (Å²) in [5.74, 6) is 0.808. The molecule has 1 aromatic rings. The number of nitrogens with one attached hydrogen (secondary N) is 2. The van der Waals surface area contributed by atoms with E-state index in [4.69, 9.17) is 0 Å². The lowest BCUT2D eigenvalue weighted by atomic mass is 10.0. The first-order valence-corrected chi connectivity index (χ1v) is 6.65. The van der Waals surface area contributed by atoms with Crippen molar-refractivity contribution >= 4 is 5.91 Å². The number of hydrogen-bond donors (Lipinski definition) is 2. The zero-order valence-electron chi connectivity index (χ0n) is 10.9. The van der Waals surface area contributed by atoms with Gasteiger partial charge in [-0.05, 0) is 50.4 Å². The van der Waals surface area contributed by atoms with Crippen LogP contribution in [0, 0.1) is 5.92 Å². The lowest BCUT2D eigenvalue weighted by Gasteiger charge is -2.14. The van der Waals surface area contributed by atoms with Crippen molar-refractivity contribution in [2.75, 3.05) is 13.1 Å². The Morgan fingerprint density at radius 1 is 1.67 bits per heavy atom. The van der Waals surface area contributed by atoms with Crippen LogP contribution in [0.15, 0.2) is 24.5 Å². The van der Waals surface area contributed by atoms with Gasteiger partial charge < -0.3 is 10.6 Å². The minimum atomic E-state index is 0.0351. The predicted molar refractivity (Wildman–Crippen MR) is 71.0 cm³/mol. The fraction of sp³-hybridized carbons (Fsp3) is 0.571. The van der Waals surface area contributed by atoms with Gasteiger partial charge in [0.1, 0.15) is 0 Å². The summed E-state index contributed by atoms with van der Waals surface area (Å²) in [4.78, 5) is 15.9. The van der Waals surface area contributed by atoms with Crippen LogP contribution >= 0.6 is 0 Å². The number of carbonyl (C=O) groups excluding carboxylic acids is 1. The van der Waals surface area contributed by atoms with E-state index in [0.29, 0.717) is 12.3 Å². The van der Waals surface area contributed by atoms with Crippen LogP contribution in [0.5, 0.6) is 0 Å². The van der Waals surface area contributed by atoms with E-state index in [0.717, 1.165) is 25.1 Å². The van der Waals surface area contributed by atoms with E-state index in [9.17, 15) is 4.79 Å². The lowest BCUT2D eigenvalue weighted by Crippen LogP contribution is -2.27. The maximum atomic E-state index is 11.8. The predicted octanol–water partition coefficient (Wildman–Crippen LogP) is 1.65. The van der Waals surface area contributed by atoms with Gasteiger partial charge in [-0.25, -0.2) is 0 Å². The molecule has 4 heteroatoms. The summed E-state index contributed by atoms with van der Waals surface area (Å²) in [6, 6.07) is 3.91. The molecule has 0 radical (unpaired) electrons. The monoisotopic (exact) mass is 247 g/mol. The Kier molecular flexibility index (Phi) is 4.70. The largest absolute Gasteiger partial charge is 0.350 e. The highest BCUT2D eigenvalue weighted by molar-refractivity contribution is 5.76. The van der Waals surface area contributed by atoms with Gasteiger partial charge in [-0.15, -0.1) is 0 Å². The van der Waals surface area contributed by atoms with Crippen LogP contribution in [0.1, 0.15) is 37.8 Å². The first-order valence-electron chi connectivity index (χ1n) is 6.65. The number of amides is 1. The summed E-state index contributed by atoms with van der Waals surface area (Å²) in [6.45, 7) is 4.15. The summed E-state index contributed by atoms with van der Waals surface area (Å²) in [5, 5.41) is 6.34. The van der Waals surface area contributed by atoms with Gasteiger partial charge in [0.15, 0.2) is 0 Å². The lowest BCUT2D eigenvalue weighted by molar-refractivity contribution is -0.122. The molecule has 1 aliphatic heterocycles. The molecule has 0 aromatic carbocycles. The second kappa shape index (κ2) is 6.50. The Morgan fingerprint density at radius 3 is 3.22 bits per heavy atom. The van der Waals surface area contributed by atoms with E-state index >= 15 is 0 Å². The van der Waals surface area contributed by atoms with Crippen LogP contribution in [0.4, 0.5) is 0 Å². The Hall–Kier alpha value is -1.42. The summed E-state index contributed by atoms with van der Waals surface area (Å²) >= 11 is 0. The van der Waals surface area contributed by atoms with Crippen molar-refractivity contribution in [3.8, 4) is 0 Å². The first kappa shape index (κ1) is 13.0. The molecular formula is C14H21N3O. The molecule has 1 aromatic heterocycles. The molecule has 1 aliphatic rings. The molecule has 4 nitrogen and oxygen atoms in total. The highest BCUT2D eigenvalue weighted by Gasteiger charge is 2.16. The Morgan fingerprint density at radius 2 is 2.56 bits per heavy atom. The maximum absolute atomic E-state index is 11.8. The van der Waals surface area contributed by atoms with E-state index in [1.54, 1.807) is 12.4 Å². The highest BCUT2D eigenvalue weighted by atomic mass is 16.1. The molecular weight excluding hydrogens is 226 g/mol. The van der Waals surface area contributed by atoms with Crippen molar-refractivity contribution in [3.63, 3.8) is 0 Å². The van der Waals surface area contributed by atoms with Crippen molar-refractivity contribution in [2.24, 2.45) is 5.92 Å². The van der Waals surface area contributed by atoms with Gasteiger partial charge >= 0.3 is 0 Å². The van der Waals surface area contributed by atoms with E-state index < -0.39 is 0 Å². The van der Waals surface area contributed by atoms with Gasteiger partial charge in [-0.1, -0.05) is 6.07 Å². The standard InChI is InChI=1S/C14H21N3O/c1-11(13-3-2-7-15-10-13)17-14(18)5-4-12-6-8-16-9-12/h2-3,7,10-12,16H,4-6,8-9H2,1H3,(H,17,18)/t11-,12?/m1/s1. The second-order valence-electron chi connectivity index (χ2n) is 4.97. The number of carbonyl (C=O) groups is 1. The summed E-state index contributed by atoms with van der Waals surface area (Å²) in [6.07, 6.45) is 6.35. The van der Waals surface area contributed by atoms with E-state index in [1.165, 1.54) is 6.42 Å². The quantitative estimate of drug-likeness (QED) is 0.832. The average Bonchev–Trinajstić information content (AvgIpc) is 2.90. The van der Waals surface area contributed by atoms with Gasteiger partial charge in [0.05, 0.1) is 6.04 Å².